The van der Waals surface area contributed by atoms with Crippen molar-refractivity contribution in [2.75, 3.05) is 33.4 Å². The first-order chi connectivity index (χ1) is 9.61. The molecule has 0 unspecified atom stereocenters. The van der Waals surface area contributed by atoms with Gasteiger partial charge in [0.25, 0.3) is 0 Å². The van der Waals surface area contributed by atoms with Gasteiger partial charge in [-0.25, -0.2) is 0 Å². The lowest BCUT2D eigenvalue weighted by molar-refractivity contribution is -0.0971. The van der Waals surface area contributed by atoms with E-state index in [4.69, 9.17) is 16.3 Å². The van der Waals surface area contributed by atoms with Crippen LogP contribution >= 0.6 is 35.6 Å². The molecule has 0 amide bonds. The Bertz CT molecular complexity index is 478. The van der Waals surface area contributed by atoms with Crippen molar-refractivity contribution in [1.82, 2.24) is 10.6 Å². The summed E-state index contributed by atoms with van der Waals surface area (Å²) in [5.41, 5.74) is 1.46. The van der Waals surface area contributed by atoms with Crippen LogP contribution in [0.2, 0.25) is 5.02 Å². The fourth-order valence-corrected chi connectivity index (χ4v) is 2.30. The molecule has 21 heavy (non-hydrogen) atoms. The van der Waals surface area contributed by atoms with Crippen molar-refractivity contribution < 1.29 is 4.74 Å². The van der Waals surface area contributed by atoms with Crippen molar-refractivity contribution in [1.29, 1.82) is 0 Å². The first-order valence-corrected chi connectivity index (χ1v) is 7.26. The Labute approximate surface area is 148 Å². The zero-order valence-corrected chi connectivity index (χ0v) is 15.6. The van der Waals surface area contributed by atoms with E-state index in [1.807, 2.05) is 18.2 Å². The molecule has 0 aliphatic carbocycles. The zero-order valence-electron chi connectivity index (χ0n) is 12.5. The van der Waals surface area contributed by atoms with Crippen LogP contribution < -0.4 is 10.6 Å². The standard InChI is InChI=1S/C15H22ClN3O.HI/c1-15(10-20-11-15)9-19-14(17-2)18-7-6-12-4-3-5-13(16)8-12;/h3-5,8H,6-7,9-11H2,1-2H3,(H2,17,18,19);1H. The lowest BCUT2D eigenvalue weighted by atomic mass is 9.89. The third kappa shape index (κ3) is 6.00. The molecule has 0 spiro atoms. The lowest BCUT2D eigenvalue weighted by Crippen LogP contribution is -2.51. The predicted molar refractivity (Wildman–Crippen MR) is 98.9 cm³/mol. The molecule has 2 rings (SSSR count). The summed E-state index contributed by atoms with van der Waals surface area (Å²) in [5, 5.41) is 7.44. The molecule has 4 nitrogen and oxygen atoms in total. The highest BCUT2D eigenvalue weighted by molar-refractivity contribution is 14.0. The van der Waals surface area contributed by atoms with Crippen LogP contribution in [0.15, 0.2) is 29.3 Å². The quantitative estimate of drug-likeness (QED) is 0.435. The van der Waals surface area contributed by atoms with Gasteiger partial charge >= 0.3 is 0 Å². The molecule has 0 saturated carbocycles. The summed E-state index contributed by atoms with van der Waals surface area (Å²) in [6.07, 6.45) is 0.918. The number of hydrogen-bond donors (Lipinski definition) is 2. The summed E-state index contributed by atoms with van der Waals surface area (Å²) in [7, 11) is 1.79. The minimum absolute atomic E-state index is 0. The second-order valence-electron chi connectivity index (χ2n) is 5.54. The van der Waals surface area contributed by atoms with Crippen molar-refractivity contribution in [2.24, 2.45) is 10.4 Å². The van der Waals surface area contributed by atoms with E-state index in [-0.39, 0.29) is 29.4 Å². The molecule has 2 N–H and O–H groups in total. The normalized spacial score (nSPS) is 16.6. The van der Waals surface area contributed by atoms with E-state index in [2.05, 4.69) is 28.6 Å². The van der Waals surface area contributed by atoms with Gasteiger partial charge in [-0.1, -0.05) is 30.7 Å². The molecular weight excluding hydrogens is 401 g/mol. The van der Waals surface area contributed by atoms with E-state index < -0.39 is 0 Å². The maximum absolute atomic E-state index is 5.97. The van der Waals surface area contributed by atoms with Crippen LogP contribution in [0.4, 0.5) is 0 Å². The molecule has 6 heteroatoms. The van der Waals surface area contributed by atoms with Crippen LogP contribution in [0.25, 0.3) is 0 Å². The Hall–Kier alpha value is -0.530. The fourth-order valence-electron chi connectivity index (χ4n) is 2.09. The van der Waals surface area contributed by atoms with Crippen LogP contribution in [0, 0.1) is 5.41 Å². The van der Waals surface area contributed by atoms with Crippen molar-refractivity contribution in [3.63, 3.8) is 0 Å². The molecular formula is C15H23ClIN3O. The number of aliphatic imine (C=N–C) groups is 1. The van der Waals surface area contributed by atoms with Gasteiger partial charge < -0.3 is 15.4 Å². The number of rotatable bonds is 5. The first kappa shape index (κ1) is 18.5. The summed E-state index contributed by atoms with van der Waals surface area (Å²) in [6, 6.07) is 7.94. The Balaban J connectivity index is 0.00000220. The Morgan fingerprint density at radius 3 is 2.71 bits per heavy atom. The van der Waals surface area contributed by atoms with Gasteiger partial charge in [0.15, 0.2) is 5.96 Å². The summed E-state index contributed by atoms with van der Waals surface area (Å²) in [4.78, 5) is 4.23. The monoisotopic (exact) mass is 423 g/mol. The number of nitrogens with zero attached hydrogens (tertiary/aromatic N) is 1. The SMILES string of the molecule is CN=C(NCCc1cccc(Cl)c1)NCC1(C)COC1.I. The molecule has 0 radical (unpaired) electrons. The average Bonchev–Trinajstić information content (AvgIpc) is 2.40. The topological polar surface area (TPSA) is 45.7 Å². The average molecular weight is 424 g/mol. The molecule has 1 fully saturated rings. The zero-order chi connectivity index (χ0) is 14.4. The second kappa shape index (κ2) is 8.80. The molecule has 118 valence electrons. The summed E-state index contributed by atoms with van der Waals surface area (Å²) in [5.74, 6) is 0.833. The first-order valence-electron chi connectivity index (χ1n) is 6.88. The van der Waals surface area contributed by atoms with Gasteiger partial charge in [0.05, 0.1) is 13.2 Å². The highest BCUT2D eigenvalue weighted by Gasteiger charge is 2.33. The van der Waals surface area contributed by atoms with E-state index in [1.54, 1.807) is 7.05 Å². The largest absolute Gasteiger partial charge is 0.380 e. The number of guanidine groups is 1. The van der Waals surface area contributed by atoms with E-state index >= 15 is 0 Å². The molecule has 1 heterocycles. The van der Waals surface area contributed by atoms with Gasteiger partial charge in [-0.15, -0.1) is 24.0 Å². The van der Waals surface area contributed by atoms with Gasteiger partial charge in [-0.05, 0) is 24.1 Å². The minimum Gasteiger partial charge on any atom is -0.380 e. The molecule has 1 aromatic rings. The predicted octanol–water partition coefficient (Wildman–Crippen LogP) is 2.70. The molecule has 1 aliphatic heterocycles. The maximum atomic E-state index is 5.97. The number of halogens is 2. The number of nitrogens with one attached hydrogen (secondary N) is 2. The minimum atomic E-state index is 0. The van der Waals surface area contributed by atoms with E-state index in [9.17, 15) is 0 Å². The van der Waals surface area contributed by atoms with Crippen molar-refractivity contribution >= 4 is 41.5 Å². The van der Waals surface area contributed by atoms with E-state index in [0.717, 1.165) is 43.7 Å². The van der Waals surface area contributed by atoms with Gasteiger partial charge in [0, 0.05) is 30.6 Å². The van der Waals surface area contributed by atoms with E-state index in [0.29, 0.717) is 0 Å². The lowest BCUT2D eigenvalue weighted by Gasteiger charge is -2.38. The summed E-state index contributed by atoms with van der Waals surface area (Å²) in [6.45, 7) is 5.55. The summed E-state index contributed by atoms with van der Waals surface area (Å²) >= 11 is 5.97. The van der Waals surface area contributed by atoms with Gasteiger partial charge in [-0.3, -0.25) is 4.99 Å². The highest BCUT2D eigenvalue weighted by atomic mass is 127. The number of hydrogen-bond acceptors (Lipinski definition) is 2. The van der Waals surface area contributed by atoms with Crippen LogP contribution in [0.3, 0.4) is 0 Å². The van der Waals surface area contributed by atoms with Crippen LogP contribution in [-0.4, -0.2) is 39.3 Å². The maximum Gasteiger partial charge on any atom is 0.191 e. The van der Waals surface area contributed by atoms with Gasteiger partial charge in [0.1, 0.15) is 0 Å². The molecule has 1 aromatic carbocycles. The Morgan fingerprint density at radius 1 is 1.38 bits per heavy atom. The smallest absolute Gasteiger partial charge is 0.191 e. The van der Waals surface area contributed by atoms with Gasteiger partial charge in [0.2, 0.25) is 0 Å². The number of benzene rings is 1. The van der Waals surface area contributed by atoms with Crippen molar-refractivity contribution in [3.05, 3.63) is 34.9 Å². The molecule has 1 aliphatic rings. The fraction of sp³-hybridized carbons (Fsp3) is 0.533. The Morgan fingerprint density at radius 2 is 2.14 bits per heavy atom. The van der Waals surface area contributed by atoms with Crippen molar-refractivity contribution in [2.45, 2.75) is 13.3 Å². The second-order valence-corrected chi connectivity index (χ2v) is 5.97. The van der Waals surface area contributed by atoms with Crippen LogP contribution in [0.1, 0.15) is 12.5 Å². The highest BCUT2D eigenvalue weighted by Crippen LogP contribution is 2.24. The molecule has 0 atom stereocenters. The van der Waals surface area contributed by atoms with Crippen LogP contribution in [-0.2, 0) is 11.2 Å². The third-order valence-electron chi connectivity index (χ3n) is 3.40. The van der Waals surface area contributed by atoms with Crippen molar-refractivity contribution in [3.8, 4) is 0 Å². The van der Waals surface area contributed by atoms with Crippen LogP contribution in [0.5, 0.6) is 0 Å². The van der Waals surface area contributed by atoms with E-state index in [1.165, 1.54) is 5.56 Å². The molecule has 0 bridgehead atoms. The summed E-state index contributed by atoms with van der Waals surface area (Å²) < 4.78 is 5.24. The third-order valence-corrected chi connectivity index (χ3v) is 3.64. The molecule has 0 aromatic heterocycles. The van der Waals surface area contributed by atoms with Gasteiger partial charge in [-0.2, -0.15) is 0 Å². The number of ether oxygens (including phenoxy) is 1. The molecule has 1 saturated heterocycles. The Kier molecular flexibility index (Phi) is 7.76.